The van der Waals surface area contributed by atoms with Crippen LogP contribution in [-0.2, 0) is 19.9 Å². The molecular weight excluding hydrogens is 493 g/mol. The molecule has 3 aromatic rings. The first-order chi connectivity index (χ1) is 15.2. The van der Waals surface area contributed by atoms with Crippen LogP contribution in [0.3, 0.4) is 0 Å². The zero-order chi connectivity index (χ0) is 22.9. The van der Waals surface area contributed by atoms with Crippen molar-refractivity contribution >= 4 is 43.1 Å². The molecule has 3 aromatic carbocycles. The van der Waals surface area contributed by atoms with Crippen LogP contribution in [0.1, 0.15) is 6.42 Å². The summed E-state index contributed by atoms with van der Waals surface area (Å²) in [5.74, 6) is 0.890. The van der Waals surface area contributed by atoms with Crippen LogP contribution in [0.5, 0.6) is 11.5 Å². The zero-order valence-electron chi connectivity index (χ0n) is 16.7. The molecule has 0 bridgehead atoms. The van der Waals surface area contributed by atoms with Crippen molar-refractivity contribution in [1.29, 1.82) is 0 Å². The Labute approximate surface area is 197 Å². The van der Waals surface area contributed by atoms with Crippen LogP contribution in [0.4, 0.5) is 0 Å². The molecule has 1 atom stereocenters. The van der Waals surface area contributed by atoms with Crippen LogP contribution in [0.25, 0.3) is 0 Å². The Morgan fingerprint density at radius 3 is 2.09 bits per heavy atom. The molecule has 0 radical (unpaired) electrons. The first kappa shape index (κ1) is 23.1. The summed E-state index contributed by atoms with van der Waals surface area (Å²) < 4.78 is 58.8. The minimum atomic E-state index is -3.85. The maximum absolute atomic E-state index is 13.1. The average molecular weight is 512 g/mol. The molecule has 1 saturated heterocycles. The summed E-state index contributed by atoms with van der Waals surface area (Å²) in [6.07, 6.45) is 0.220. The molecular formula is C22H19Cl2NO5S2. The molecule has 32 heavy (non-hydrogen) atoms. The third kappa shape index (κ3) is 4.65. The predicted octanol–water partition coefficient (Wildman–Crippen LogP) is 5.02. The van der Waals surface area contributed by atoms with E-state index in [2.05, 4.69) is 0 Å². The fraction of sp³-hybridized carbons (Fsp3) is 0.182. The number of halogens is 2. The van der Waals surface area contributed by atoms with Crippen LogP contribution < -0.4 is 4.74 Å². The second-order valence-electron chi connectivity index (χ2n) is 7.28. The molecule has 1 aliphatic rings. The Hall–Kier alpha value is -2.10. The lowest BCUT2D eigenvalue weighted by molar-refractivity contribution is 0.474. The monoisotopic (exact) mass is 511 g/mol. The Balaban J connectivity index is 1.49. The van der Waals surface area contributed by atoms with Crippen molar-refractivity contribution in [3.8, 4) is 11.5 Å². The lowest BCUT2D eigenvalue weighted by atomic mass is 10.3. The SMILES string of the molecule is O=S(=O)(c1ccc(Cl)cc1)C1CCN(S(=O)(=O)c2ccc(Oc3ccccc3Cl)cc2)C1. The average Bonchev–Trinajstić information content (AvgIpc) is 3.28. The van der Waals surface area contributed by atoms with E-state index in [-0.39, 0.29) is 29.3 Å². The Morgan fingerprint density at radius 2 is 1.44 bits per heavy atom. The molecule has 0 N–H and O–H groups in total. The van der Waals surface area contributed by atoms with Crippen LogP contribution in [0, 0.1) is 0 Å². The predicted molar refractivity (Wildman–Crippen MR) is 124 cm³/mol. The molecule has 1 fully saturated rings. The quantitative estimate of drug-likeness (QED) is 0.463. The first-order valence-corrected chi connectivity index (χ1v) is 13.4. The molecule has 0 saturated carbocycles. The largest absolute Gasteiger partial charge is 0.456 e. The zero-order valence-corrected chi connectivity index (χ0v) is 19.8. The van der Waals surface area contributed by atoms with Gasteiger partial charge in [-0.25, -0.2) is 16.8 Å². The summed E-state index contributed by atoms with van der Waals surface area (Å²) in [6, 6.07) is 18.8. The van der Waals surface area contributed by atoms with Crippen molar-refractivity contribution in [3.63, 3.8) is 0 Å². The summed E-state index contributed by atoms with van der Waals surface area (Å²) in [7, 11) is -7.53. The number of rotatable bonds is 6. The van der Waals surface area contributed by atoms with Crippen LogP contribution >= 0.6 is 23.2 Å². The van der Waals surface area contributed by atoms with E-state index in [1.807, 2.05) is 0 Å². The van der Waals surface area contributed by atoms with Gasteiger partial charge in [0.25, 0.3) is 0 Å². The van der Waals surface area contributed by atoms with Gasteiger partial charge < -0.3 is 4.74 Å². The van der Waals surface area contributed by atoms with E-state index in [1.165, 1.54) is 52.8 Å². The second-order valence-corrected chi connectivity index (χ2v) is 12.3. The van der Waals surface area contributed by atoms with Crippen molar-refractivity contribution in [3.05, 3.63) is 82.8 Å². The number of sulfonamides is 1. The van der Waals surface area contributed by atoms with E-state index >= 15 is 0 Å². The standard InChI is InChI=1S/C22H19Cl2NO5S2/c23-16-5-9-18(10-6-16)31(26,27)20-13-14-25(15-20)32(28,29)19-11-7-17(8-12-19)30-22-4-2-1-3-21(22)24/h1-12,20H,13-15H2. The fourth-order valence-electron chi connectivity index (χ4n) is 3.47. The van der Waals surface area contributed by atoms with Gasteiger partial charge in [0.05, 0.1) is 20.1 Å². The third-order valence-electron chi connectivity index (χ3n) is 5.21. The number of ether oxygens (including phenoxy) is 1. The molecule has 10 heteroatoms. The summed E-state index contributed by atoms with van der Waals surface area (Å²) >= 11 is 11.9. The highest BCUT2D eigenvalue weighted by Crippen LogP contribution is 2.31. The summed E-state index contributed by atoms with van der Waals surface area (Å²) in [4.78, 5) is 0.195. The van der Waals surface area contributed by atoms with Gasteiger partial charge in [-0.1, -0.05) is 35.3 Å². The van der Waals surface area contributed by atoms with Crippen molar-refractivity contribution in [1.82, 2.24) is 4.31 Å². The van der Waals surface area contributed by atoms with Gasteiger partial charge in [0.15, 0.2) is 9.84 Å². The van der Waals surface area contributed by atoms with Gasteiger partial charge in [0.1, 0.15) is 11.5 Å². The molecule has 4 rings (SSSR count). The summed E-state index contributed by atoms with van der Waals surface area (Å²) in [5, 5.41) is 0.0528. The van der Waals surface area contributed by atoms with E-state index < -0.39 is 25.1 Å². The molecule has 0 aliphatic carbocycles. The number of hydrogen-bond acceptors (Lipinski definition) is 5. The minimum Gasteiger partial charge on any atom is -0.456 e. The lowest BCUT2D eigenvalue weighted by Crippen LogP contribution is -2.32. The van der Waals surface area contributed by atoms with Gasteiger partial charge >= 0.3 is 0 Å². The van der Waals surface area contributed by atoms with Crippen molar-refractivity contribution in [2.75, 3.05) is 13.1 Å². The maximum atomic E-state index is 13.1. The molecule has 6 nitrogen and oxygen atoms in total. The maximum Gasteiger partial charge on any atom is 0.243 e. The molecule has 1 aliphatic heterocycles. The summed E-state index contributed by atoms with van der Waals surface area (Å²) in [5.41, 5.74) is 0. The van der Waals surface area contributed by atoms with Gasteiger partial charge in [-0.15, -0.1) is 0 Å². The van der Waals surface area contributed by atoms with E-state index in [0.29, 0.717) is 21.5 Å². The second kappa shape index (κ2) is 9.03. The van der Waals surface area contributed by atoms with Crippen molar-refractivity contribution in [2.45, 2.75) is 21.5 Å². The normalized spacial score (nSPS) is 17.4. The van der Waals surface area contributed by atoms with E-state index in [4.69, 9.17) is 27.9 Å². The van der Waals surface area contributed by atoms with E-state index in [1.54, 1.807) is 24.3 Å². The van der Waals surface area contributed by atoms with Gasteiger partial charge in [0, 0.05) is 18.1 Å². The van der Waals surface area contributed by atoms with Gasteiger partial charge in [-0.05, 0) is 67.1 Å². The highest BCUT2D eigenvalue weighted by molar-refractivity contribution is 7.92. The van der Waals surface area contributed by atoms with Crippen molar-refractivity contribution in [2.24, 2.45) is 0 Å². The Morgan fingerprint density at radius 1 is 0.812 bits per heavy atom. The van der Waals surface area contributed by atoms with Gasteiger partial charge in [-0.3, -0.25) is 0 Å². The van der Waals surface area contributed by atoms with Crippen LogP contribution in [-0.4, -0.2) is 39.5 Å². The first-order valence-electron chi connectivity index (χ1n) is 9.70. The van der Waals surface area contributed by atoms with Crippen LogP contribution in [0.2, 0.25) is 10.0 Å². The molecule has 1 unspecified atom stereocenters. The Bertz CT molecular complexity index is 1330. The topological polar surface area (TPSA) is 80.8 Å². The minimum absolute atomic E-state index is 0.0635. The van der Waals surface area contributed by atoms with E-state index in [0.717, 1.165) is 0 Å². The Kier molecular flexibility index (Phi) is 6.51. The number of sulfone groups is 1. The lowest BCUT2D eigenvalue weighted by Gasteiger charge is -2.17. The number of nitrogens with zero attached hydrogens (tertiary/aromatic N) is 1. The van der Waals surface area contributed by atoms with Crippen molar-refractivity contribution < 1.29 is 21.6 Å². The molecule has 1 heterocycles. The van der Waals surface area contributed by atoms with E-state index in [9.17, 15) is 16.8 Å². The highest BCUT2D eigenvalue weighted by atomic mass is 35.5. The fourth-order valence-corrected chi connectivity index (χ4v) is 7.06. The van der Waals surface area contributed by atoms with Gasteiger partial charge in [-0.2, -0.15) is 4.31 Å². The molecule has 0 amide bonds. The number of para-hydroxylation sites is 1. The molecule has 0 aromatic heterocycles. The number of benzene rings is 3. The third-order valence-corrected chi connectivity index (χ3v) is 9.85. The molecule has 0 spiro atoms. The highest BCUT2D eigenvalue weighted by Gasteiger charge is 2.39. The van der Waals surface area contributed by atoms with Gasteiger partial charge in [0.2, 0.25) is 10.0 Å². The number of hydrogen-bond donors (Lipinski definition) is 0. The molecule has 168 valence electrons. The smallest absolute Gasteiger partial charge is 0.243 e. The van der Waals surface area contributed by atoms with Crippen LogP contribution in [0.15, 0.2) is 82.6 Å². The summed E-state index contributed by atoms with van der Waals surface area (Å²) in [6.45, 7) is 0.0167.